The number of aromatic nitrogens is 1. The Bertz CT molecular complexity index is 610. The quantitative estimate of drug-likeness (QED) is 0.924. The molecule has 2 rings (SSSR count). The number of fused-ring (bicyclic) bond motifs is 1. The lowest BCUT2D eigenvalue weighted by molar-refractivity contribution is 0.0746. The number of rotatable bonds is 4. The molecule has 0 unspecified atom stereocenters. The second kappa shape index (κ2) is 6.13. The first-order valence-corrected chi connectivity index (χ1v) is 7.43. The summed E-state index contributed by atoms with van der Waals surface area (Å²) < 4.78 is 0. The van der Waals surface area contributed by atoms with Crippen molar-refractivity contribution in [1.29, 1.82) is 5.26 Å². The number of aryl methyl sites for hydroxylation is 1. The molecule has 1 aromatic heterocycles. The van der Waals surface area contributed by atoms with Crippen molar-refractivity contribution in [3.63, 3.8) is 0 Å². The second-order valence-electron chi connectivity index (χ2n) is 5.63. The molecule has 0 saturated heterocycles. The van der Waals surface area contributed by atoms with Gasteiger partial charge >= 0.3 is 0 Å². The Hall–Kier alpha value is -2.09. The summed E-state index contributed by atoms with van der Waals surface area (Å²) in [4.78, 5) is 29.5. The fourth-order valence-corrected chi connectivity index (χ4v) is 2.87. The third-order valence-electron chi connectivity index (χ3n) is 4.03. The van der Waals surface area contributed by atoms with Gasteiger partial charge < -0.3 is 9.88 Å². The maximum absolute atomic E-state index is 12.6. The molecule has 1 aromatic rings. The zero-order valence-corrected chi connectivity index (χ0v) is 12.8. The summed E-state index contributed by atoms with van der Waals surface area (Å²) in [6.45, 7) is 6.47. The molecule has 0 aliphatic heterocycles. The Morgan fingerprint density at radius 3 is 2.76 bits per heavy atom. The van der Waals surface area contributed by atoms with Crippen LogP contribution in [0.4, 0.5) is 0 Å². The molecule has 1 heterocycles. The van der Waals surface area contributed by atoms with Crippen LogP contribution in [0, 0.1) is 24.2 Å². The SMILES string of the molecule is CCN(C[C@H](C)C#N)C(=O)c1[nH]c2c(c1C)C(=O)CCC2. The van der Waals surface area contributed by atoms with Gasteiger partial charge in [0, 0.05) is 30.8 Å². The van der Waals surface area contributed by atoms with Crippen molar-refractivity contribution in [3.05, 3.63) is 22.5 Å². The van der Waals surface area contributed by atoms with E-state index in [0.717, 1.165) is 24.1 Å². The van der Waals surface area contributed by atoms with Gasteiger partial charge in [-0.2, -0.15) is 5.26 Å². The van der Waals surface area contributed by atoms with Gasteiger partial charge in [-0.1, -0.05) is 0 Å². The average molecular weight is 287 g/mol. The van der Waals surface area contributed by atoms with Crippen LogP contribution in [-0.2, 0) is 6.42 Å². The van der Waals surface area contributed by atoms with E-state index in [9.17, 15) is 9.59 Å². The minimum atomic E-state index is -0.208. The monoisotopic (exact) mass is 287 g/mol. The van der Waals surface area contributed by atoms with Gasteiger partial charge in [0.2, 0.25) is 0 Å². The summed E-state index contributed by atoms with van der Waals surface area (Å²) in [6.07, 6.45) is 2.21. The normalized spacial score (nSPS) is 15.2. The Morgan fingerprint density at radius 1 is 1.48 bits per heavy atom. The molecule has 1 aliphatic carbocycles. The van der Waals surface area contributed by atoms with Gasteiger partial charge in [-0.3, -0.25) is 9.59 Å². The largest absolute Gasteiger partial charge is 0.354 e. The minimum absolute atomic E-state index is 0.123. The molecule has 5 heteroatoms. The lowest BCUT2D eigenvalue weighted by Gasteiger charge is -2.21. The van der Waals surface area contributed by atoms with Crippen LogP contribution in [0.25, 0.3) is 0 Å². The molecule has 1 N–H and O–H groups in total. The number of Topliss-reactive ketones (excluding diaryl/α,β-unsaturated/α-hetero) is 1. The summed E-state index contributed by atoms with van der Waals surface area (Å²) in [5.74, 6) is -0.211. The van der Waals surface area contributed by atoms with Crippen LogP contribution in [-0.4, -0.2) is 34.7 Å². The number of carbonyl (C=O) groups is 2. The second-order valence-corrected chi connectivity index (χ2v) is 5.63. The molecule has 0 aromatic carbocycles. The lowest BCUT2D eigenvalue weighted by atomic mass is 9.93. The smallest absolute Gasteiger partial charge is 0.270 e. The first kappa shape index (κ1) is 15.3. The van der Waals surface area contributed by atoms with Gasteiger partial charge in [-0.05, 0) is 39.2 Å². The van der Waals surface area contributed by atoms with Gasteiger partial charge in [-0.15, -0.1) is 0 Å². The Labute approximate surface area is 124 Å². The van der Waals surface area contributed by atoms with E-state index in [0.29, 0.717) is 30.8 Å². The number of carbonyl (C=O) groups excluding carboxylic acids is 2. The maximum Gasteiger partial charge on any atom is 0.270 e. The van der Waals surface area contributed by atoms with Crippen molar-refractivity contribution in [2.75, 3.05) is 13.1 Å². The molecule has 1 amide bonds. The molecule has 21 heavy (non-hydrogen) atoms. The maximum atomic E-state index is 12.6. The topological polar surface area (TPSA) is 77.0 Å². The molecule has 0 bridgehead atoms. The number of ketones is 1. The predicted octanol–water partition coefficient (Wildman–Crippen LogP) is 2.46. The Balaban J connectivity index is 2.31. The van der Waals surface area contributed by atoms with Crippen LogP contribution in [0.5, 0.6) is 0 Å². The van der Waals surface area contributed by atoms with E-state index >= 15 is 0 Å². The van der Waals surface area contributed by atoms with E-state index in [4.69, 9.17) is 5.26 Å². The molecular weight excluding hydrogens is 266 g/mol. The van der Waals surface area contributed by atoms with Crippen molar-refractivity contribution in [3.8, 4) is 6.07 Å². The number of nitrogens with one attached hydrogen (secondary N) is 1. The van der Waals surface area contributed by atoms with E-state index in [1.165, 1.54) is 0 Å². The summed E-state index contributed by atoms with van der Waals surface area (Å²) in [6, 6.07) is 2.15. The molecule has 1 aliphatic rings. The van der Waals surface area contributed by atoms with Crippen molar-refractivity contribution in [2.45, 2.75) is 40.0 Å². The Kier molecular flexibility index (Phi) is 4.46. The zero-order valence-electron chi connectivity index (χ0n) is 12.8. The van der Waals surface area contributed by atoms with E-state index in [-0.39, 0.29) is 17.6 Å². The number of nitriles is 1. The minimum Gasteiger partial charge on any atom is -0.354 e. The fourth-order valence-electron chi connectivity index (χ4n) is 2.87. The molecule has 0 radical (unpaired) electrons. The highest BCUT2D eigenvalue weighted by molar-refractivity contribution is 6.04. The third kappa shape index (κ3) is 2.85. The predicted molar refractivity (Wildman–Crippen MR) is 79.2 cm³/mol. The van der Waals surface area contributed by atoms with E-state index in [1.807, 2.05) is 13.8 Å². The molecule has 0 spiro atoms. The summed E-state index contributed by atoms with van der Waals surface area (Å²) in [5.41, 5.74) is 2.84. The highest BCUT2D eigenvalue weighted by Crippen LogP contribution is 2.27. The molecule has 1 atom stereocenters. The van der Waals surface area contributed by atoms with Gasteiger partial charge in [0.05, 0.1) is 12.0 Å². The van der Waals surface area contributed by atoms with Crippen LogP contribution in [0.1, 0.15) is 58.8 Å². The number of amides is 1. The highest BCUT2D eigenvalue weighted by Gasteiger charge is 2.28. The van der Waals surface area contributed by atoms with Crippen LogP contribution in [0.2, 0.25) is 0 Å². The number of hydrogen-bond donors (Lipinski definition) is 1. The van der Waals surface area contributed by atoms with Gasteiger partial charge in [-0.25, -0.2) is 0 Å². The van der Waals surface area contributed by atoms with Gasteiger partial charge in [0.15, 0.2) is 5.78 Å². The van der Waals surface area contributed by atoms with Gasteiger partial charge in [0.1, 0.15) is 5.69 Å². The number of nitrogens with zero attached hydrogens (tertiary/aromatic N) is 2. The van der Waals surface area contributed by atoms with Crippen molar-refractivity contribution in [2.24, 2.45) is 5.92 Å². The molecule has 0 fully saturated rings. The highest BCUT2D eigenvalue weighted by atomic mass is 16.2. The van der Waals surface area contributed by atoms with Gasteiger partial charge in [0.25, 0.3) is 5.91 Å². The molecule has 0 saturated carbocycles. The van der Waals surface area contributed by atoms with E-state index in [1.54, 1.807) is 11.8 Å². The number of H-pyrrole nitrogens is 1. The van der Waals surface area contributed by atoms with Crippen molar-refractivity contribution >= 4 is 11.7 Å². The summed E-state index contributed by atoms with van der Waals surface area (Å²) >= 11 is 0. The van der Waals surface area contributed by atoms with Crippen LogP contribution in [0.3, 0.4) is 0 Å². The van der Waals surface area contributed by atoms with Crippen LogP contribution >= 0.6 is 0 Å². The van der Waals surface area contributed by atoms with E-state index in [2.05, 4.69) is 11.1 Å². The average Bonchev–Trinajstić information content (AvgIpc) is 2.82. The number of hydrogen-bond acceptors (Lipinski definition) is 3. The van der Waals surface area contributed by atoms with Crippen LogP contribution < -0.4 is 0 Å². The molecule has 112 valence electrons. The van der Waals surface area contributed by atoms with Crippen molar-refractivity contribution < 1.29 is 9.59 Å². The molecular formula is C16H21N3O2. The fraction of sp³-hybridized carbons (Fsp3) is 0.562. The molecule has 5 nitrogen and oxygen atoms in total. The number of aromatic amines is 1. The first-order chi connectivity index (χ1) is 9.99. The first-order valence-electron chi connectivity index (χ1n) is 7.43. The van der Waals surface area contributed by atoms with E-state index < -0.39 is 0 Å². The zero-order chi connectivity index (χ0) is 15.6. The summed E-state index contributed by atoms with van der Waals surface area (Å²) in [5, 5.41) is 8.91. The van der Waals surface area contributed by atoms with Crippen LogP contribution in [0.15, 0.2) is 0 Å². The standard InChI is InChI=1S/C16H21N3O2/c1-4-19(9-10(2)8-17)16(21)15-11(3)14-12(18-15)6-5-7-13(14)20/h10,18H,4-7,9H2,1-3H3/t10-/m1/s1. The third-order valence-corrected chi connectivity index (χ3v) is 4.03. The Morgan fingerprint density at radius 2 is 2.19 bits per heavy atom. The lowest BCUT2D eigenvalue weighted by Crippen LogP contribution is -2.35. The summed E-state index contributed by atoms with van der Waals surface area (Å²) in [7, 11) is 0. The van der Waals surface area contributed by atoms with Crippen molar-refractivity contribution in [1.82, 2.24) is 9.88 Å².